The molecule has 150 valence electrons. The number of hydrogen-bond donors (Lipinski definition) is 0. The highest BCUT2D eigenvalue weighted by Gasteiger charge is 2.23. The molecule has 0 bridgehead atoms. The van der Waals surface area contributed by atoms with Crippen molar-refractivity contribution in [2.45, 2.75) is 24.3 Å². The topological polar surface area (TPSA) is 60.7 Å². The summed E-state index contributed by atoms with van der Waals surface area (Å²) in [6.45, 7) is 3.79. The first-order valence-electron chi connectivity index (χ1n) is 9.43. The molecule has 0 saturated heterocycles. The lowest BCUT2D eigenvalue weighted by Crippen LogP contribution is -2.15. The van der Waals surface area contributed by atoms with Gasteiger partial charge in [-0.3, -0.25) is 14.3 Å². The lowest BCUT2D eigenvalue weighted by Gasteiger charge is -2.14. The first kappa shape index (κ1) is 20.0. The molecule has 2 aromatic carbocycles. The third-order valence-corrected chi connectivity index (χ3v) is 5.68. The van der Waals surface area contributed by atoms with Gasteiger partial charge in [0.25, 0.3) is 0 Å². The molecule has 0 aliphatic heterocycles. The molecular formula is C23H19FN4OS. The molecule has 0 radical (unpaired) electrons. The van der Waals surface area contributed by atoms with Gasteiger partial charge in [-0.1, -0.05) is 53.7 Å². The van der Waals surface area contributed by atoms with Crippen LogP contribution < -0.4 is 0 Å². The van der Waals surface area contributed by atoms with E-state index in [1.165, 1.54) is 17.8 Å². The molecule has 0 N–H and O–H groups in total. The molecule has 2 heterocycles. The molecule has 7 heteroatoms. The minimum Gasteiger partial charge on any atom is -0.293 e. The van der Waals surface area contributed by atoms with Gasteiger partial charge < -0.3 is 0 Å². The molecule has 0 spiro atoms. The fourth-order valence-electron chi connectivity index (χ4n) is 3.04. The summed E-state index contributed by atoms with van der Waals surface area (Å²) in [6.07, 6.45) is 3.31. The van der Waals surface area contributed by atoms with Gasteiger partial charge in [-0.15, -0.1) is 10.2 Å². The number of pyridine rings is 1. The van der Waals surface area contributed by atoms with E-state index in [2.05, 4.69) is 15.2 Å². The van der Waals surface area contributed by atoms with Crippen molar-refractivity contribution in [3.8, 4) is 17.1 Å². The van der Waals surface area contributed by atoms with Gasteiger partial charge in [0, 0.05) is 23.5 Å². The Labute approximate surface area is 178 Å². The maximum Gasteiger partial charge on any atom is 0.196 e. The van der Waals surface area contributed by atoms with Crippen LogP contribution in [0, 0.1) is 12.7 Å². The van der Waals surface area contributed by atoms with Crippen molar-refractivity contribution in [2.24, 2.45) is 0 Å². The minimum absolute atomic E-state index is 0.0222. The minimum atomic E-state index is -0.427. The zero-order valence-corrected chi connectivity index (χ0v) is 17.3. The first-order chi connectivity index (χ1) is 14.5. The molecule has 30 heavy (non-hydrogen) atoms. The van der Waals surface area contributed by atoms with Crippen LogP contribution in [-0.4, -0.2) is 30.8 Å². The zero-order chi connectivity index (χ0) is 21.1. The van der Waals surface area contributed by atoms with Crippen LogP contribution in [0.15, 0.2) is 78.2 Å². The molecular weight excluding hydrogens is 399 g/mol. The van der Waals surface area contributed by atoms with Gasteiger partial charge in [-0.2, -0.15) is 0 Å². The van der Waals surface area contributed by atoms with Crippen molar-refractivity contribution in [2.75, 3.05) is 0 Å². The van der Waals surface area contributed by atoms with Gasteiger partial charge in [-0.25, -0.2) is 4.39 Å². The number of benzene rings is 2. The Bertz CT molecular complexity index is 1180. The van der Waals surface area contributed by atoms with Gasteiger partial charge in [0.15, 0.2) is 16.8 Å². The van der Waals surface area contributed by atoms with Crippen LogP contribution in [0.4, 0.5) is 4.39 Å². The number of halogens is 1. The van der Waals surface area contributed by atoms with Crippen LogP contribution >= 0.6 is 11.8 Å². The third kappa shape index (κ3) is 4.02. The number of rotatable bonds is 6. The molecule has 2 aromatic heterocycles. The Kier molecular flexibility index (Phi) is 5.72. The van der Waals surface area contributed by atoms with Crippen LogP contribution in [0.25, 0.3) is 17.1 Å². The summed E-state index contributed by atoms with van der Waals surface area (Å²) in [5, 5.41) is 8.55. The summed E-state index contributed by atoms with van der Waals surface area (Å²) in [5.74, 6) is 0.0403. The van der Waals surface area contributed by atoms with Crippen molar-refractivity contribution in [3.63, 3.8) is 0 Å². The zero-order valence-electron chi connectivity index (χ0n) is 16.5. The molecule has 4 aromatic rings. The molecule has 5 nitrogen and oxygen atoms in total. The van der Waals surface area contributed by atoms with E-state index in [0.717, 1.165) is 5.56 Å². The van der Waals surface area contributed by atoms with Crippen LogP contribution in [0.5, 0.6) is 0 Å². The van der Waals surface area contributed by atoms with Gasteiger partial charge in [-0.05, 0) is 38.1 Å². The van der Waals surface area contributed by atoms with E-state index in [9.17, 15) is 9.18 Å². The quantitative estimate of drug-likeness (QED) is 0.320. The molecule has 0 aliphatic carbocycles. The van der Waals surface area contributed by atoms with E-state index in [-0.39, 0.29) is 5.78 Å². The van der Waals surface area contributed by atoms with E-state index in [1.807, 2.05) is 44.2 Å². The van der Waals surface area contributed by atoms with E-state index < -0.39 is 11.1 Å². The average Bonchev–Trinajstić information content (AvgIpc) is 3.18. The Hall–Kier alpha value is -3.32. The highest BCUT2D eigenvalue weighted by molar-refractivity contribution is 8.00. The monoisotopic (exact) mass is 418 g/mol. The number of para-hydroxylation sites is 1. The molecule has 0 fully saturated rings. The number of aryl methyl sites for hydroxylation is 1. The summed E-state index contributed by atoms with van der Waals surface area (Å²) in [5.41, 5.74) is 2.74. The van der Waals surface area contributed by atoms with Crippen LogP contribution in [0.2, 0.25) is 0 Å². The molecule has 0 aliphatic rings. The first-order valence-corrected chi connectivity index (χ1v) is 10.3. The number of ketones is 1. The van der Waals surface area contributed by atoms with Gasteiger partial charge >= 0.3 is 0 Å². The summed E-state index contributed by atoms with van der Waals surface area (Å²) in [4.78, 5) is 17.0. The fraction of sp³-hybridized carbons (Fsp3) is 0.130. The van der Waals surface area contributed by atoms with Crippen molar-refractivity contribution in [1.82, 2.24) is 19.7 Å². The molecule has 4 rings (SSSR count). The van der Waals surface area contributed by atoms with Crippen molar-refractivity contribution in [1.29, 1.82) is 0 Å². The van der Waals surface area contributed by atoms with E-state index >= 15 is 0 Å². The third-order valence-electron chi connectivity index (χ3n) is 4.63. The van der Waals surface area contributed by atoms with E-state index in [4.69, 9.17) is 0 Å². The molecule has 0 unspecified atom stereocenters. The van der Waals surface area contributed by atoms with Crippen LogP contribution in [0.3, 0.4) is 0 Å². The highest BCUT2D eigenvalue weighted by atomic mass is 32.2. The largest absolute Gasteiger partial charge is 0.293 e. The average molecular weight is 418 g/mol. The lowest BCUT2D eigenvalue weighted by molar-refractivity contribution is 0.0994. The summed E-state index contributed by atoms with van der Waals surface area (Å²) in [7, 11) is 0. The van der Waals surface area contributed by atoms with Gasteiger partial charge in [0.1, 0.15) is 5.82 Å². The number of hydrogen-bond acceptors (Lipinski definition) is 5. The standard InChI is InChI=1S/C23H19FN4OS/c1-15-9-11-17(12-10-15)21(29)16(2)30-23-27-26-22(18-6-5-13-25-14-18)28(23)20-8-4-3-7-19(20)24/h3-14,16H,1-2H3/t16-/m0/s1. The normalized spacial score (nSPS) is 12.0. The maximum atomic E-state index is 14.7. The number of nitrogens with zero attached hydrogens (tertiary/aromatic N) is 4. The summed E-state index contributed by atoms with van der Waals surface area (Å²) < 4.78 is 16.3. The predicted octanol–water partition coefficient (Wildman–Crippen LogP) is 5.14. The van der Waals surface area contributed by atoms with Crippen molar-refractivity contribution >= 4 is 17.5 Å². The van der Waals surface area contributed by atoms with Crippen molar-refractivity contribution < 1.29 is 9.18 Å². The second-order valence-corrected chi connectivity index (χ2v) is 8.13. The van der Waals surface area contributed by atoms with Crippen molar-refractivity contribution in [3.05, 3.63) is 90.0 Å². The SMILES string of the molecule is Cc1ccc(C(=O)[C@H](C)Sc2nnc(-c3cccnc3)n2-c2ccccc2F)cc1. The number of Topliss-reactive ketones (excluding diaryl/α,β-unsaturated/α-hetero) is 1. The molecule has 1 atom stereocenters. The number of carbonyl (C=O) groups excluding carboxylic acids is 1. The predicted molar refractivity (Wildman–Crippen MR) is 115 cm³/mol. The number of carbonyl (C=O) groups is 1. The van der Waals surface area contributed by atoms with Crippen LogP contribution in [0.1, 0.15) is 22.8 Å². The summed E-state index contributed by atoms with van der Waals surface area (Å²) in [6, 6.07) is 17.5. The Morgan fingerprint density at radius 1 is 1.03 bits per heavy atom. The Morgan fingerprint density at radius 3 is 2.50 bits per heavy atom. The highest BCUT2D eigenvalue weighted by Crippen LogP contribution is 2.31. The smallest absolute Gasteiger partial charge is 0.196 e. The fourth-order valence-corrected chi connectivity index (χ4v) is 3.98. The summed E-state index contributed by atoms with van der Waals surface area (Å²) >= 11 is 1.25. The second-order valence-electron chi connectivity index (χ2n) is 6.83. The number of aromatic nitrogens is 4. The lowest BCUT2D eigenvalue weighted by atomic mass is 10.1. The Balaban J connectivity index is 1.73. The van der Waals surface area contributed by atoms with Crippen LogP contribution in [-0.2, 0) is 0 Å². The van der Waals surface area contributed by atoms with E-state index in [0.29, 0.717) is 27.8 Å². The maximum absolute atomic E-state index is 14.7. The van der Waals surface area contributed by atoms with E-state index in [1.54, 1.807) is 41.2 Å². The Morgan fingerprint density at radius 2 is 1.80 bits per heavy atom. The van der Waals surface area contributed by atoms with Gasteiger partial charge in [0.2, 0.25) is 0 Å². The number of thioether (sulfide) groups is 1. The second kappa shape index (κ2) is 8.59. The van der Waals surface area contributed by atoms with Gasteiger partial charge in [0.05, 0.1) is 10.9 Å². The molecule has 0 saturated carbocycles. The molecule has 0 amide bonds.